The van der Waals surface area contributed by atoms with Gasteiger partial charge < -0.3 is 4.74 Å². The first-order valence-corrected chi connectivity index (χ1v) is 5.63. The van der Waals surface area contributed by atoms with E-state index < -0.39 is 11.8 Å². The number of ether oxygens (including phenoxy) is 1. The lowest BCUT2D eigenvalue weighted by atomic mass is 10.2. The summed E-state index contributed by atoms with van der Waals surface area (Å²) in [7, 11) is 0. The van der Waals surface area contributed by atoms with E-state index in [1.54, 1.807) is 19.1 Å². The van der Waals surface area contributed by atoms with Gasteiger partial charge in [0.15, 0.2) is 0 Å². The van der Waals surface area contributed by atoms with E-state index in [1.807, 2.05) is 6.26 Å². The number of thioether (sulfide) groups is 1. The minimum absolute atomic E-state index is 0.195. The summed E-state index contributed by atoms with van der Waals surface area (Å²) in [6, 6.07) is 3.26. The molecule has 0 aromatic carbocycles. The number of nitrogens with zero attached hydrogens (tertiary/aromatic N) is 1. The highest BCUT2D eigenvalue weighted by molar-refractivity contribution is 7.98. The first-order valence-electron chi connectivity index (χ1n) is 4.40. The van der Waals surface area contributed by atoms with Crippen LogP contribution in [-0.2, 0) is 9.53 Å². The van der Waals surface area contributed by atoms with Crippen LogP contribution in [0.25, 0.3) is 0 Å². The lowest BCUT2D eigenvalue weighted by Crippen LogP contribution is -2.17. The smallest absolute Gasteiger partial charge is 0.379 e. The SMILES string of the molecule is CCOC(=O)C(=O)c1ccc(SC)nc1. The van der Waals surface area contributed by atoms with Crippen LogP contribution in [-0.4, -0.2) is 29.6 Å². The van der Waals surface area contributed by atoms with Gasteiger partial charge in [0.05, 0.1) is 11.6 Å². The van der Waals surface area contributed by atoms with E-state index in [0.717, 1.165) is 5.03 Å². The number of hydrogen-bond acceptors (Lipinski definition) is 5. The summed E-state index contributed by atoms with van der Waals surface area (Å²) in [5.74, 6) is -1.49. The van der Waals surface area contributed by atoms with Gasteiger partial charge in [0.25, 0.3) is 5.78 Å². The van der Waals surface area contributed by atoms with Crippen molar-refractivity contribution in [1.82, 2.24) is 4.98 Å². The Hall–Kier alpha value is -1.36. The maximum atomic E-state index is 11.4. The molecule has 0 atom stereocenters. The minimum Gasteiger partial charge on any atom is -0.460 e. The molecule has 0 radical (unpaired) electrons. The first kappa shape index (κ1) is 11.7. The number of hydrogen-bond donors (Lipinski definition) is 0. The normalized spacial score (nSPS) is 9.73. The van der Waals surface area contributed by atoms with Crippen molar-refractivity contribution in [3.05, 3.63) is 23.9 Å². The molecule has 1 rings (SSSR count). The van der Waals surface area contributed by atoms with Gasteiger partial charge in [0.2, 0.25) is 0 Å². The summed E-state index contributed by atoms with van der Waals surface area (Å²) in [5, 5.41) is 0.801. The molecular formula is C10H11NO3S. The summed E-state index contributed by atoms with van der Waals surface area (Å²) in [6.07, 6.45) is 3.26. The van der Waals surface area contributed by atoms with Crippen LogP contribution in [0.1, 0.15) is 17.3 Å². The van der Waals surface area contributed by atoms with Crippen molar-refractivity contribution in [2.75, 3.05) is 12.9 Å². The largest absolute Gasteiger partial charge is 0.460 e. The van der Waals surface area contributed by atoms with Crippen LogP contribution < -0.4 is 0 Å². The van der Waals surface area contributed by atoms with Gasteiger partial charge in [0, 0.05) is 11.8 Å². The first-order chi connectivity index (χ1) is 7.19. The van der Waals surface area contributed by atoms with Gasteiger partial charge in [-0.3, -0.25) is 4.79 Å². The van der Waals surface area contributed by atoms with Gasteiger partial charge in [0.1, 0.15) is 0 Å². The van der Waals surface area contributed by atoms with E-state index in [9.17, 15) is 9.59 Å². The molecule has 0 bridgehead atoms. The predicted molar refractivity (Wildman–Crippen MR) is 57.0 cm³/mol. The maximum absolute atomic E-state index is 11.4. The Balaban J connectivity index is 2.78. The molecule has 1 aromatic rings. The molecule has 0 fully saturated rings. The molecule has 80 valence electrons. The Bertz CT molecular complexity index is 361. The Morgan fingerprint density at radius 2 is 2.20 bits per heavy atom. The van der Waals surface area contributed by atoms with Crippen molar-refractivity contribution in [1.29, 1.82) is 0 Å². The topological polar surface area (TPSA) is 56.3 Å². The van der Waals surface area contributed by atoms with Crippen molar-refractivity contribution < 1.29 is 14.3 Å². The van der Waals surface area contributed by atoms with E-state index in [-0.39, 0.29) is 12.2 Å². The Morgan fingerprint density at radius 3 is 2.67 bits per heavy atom. The molecule has 0 saturated carbocycles. The van der Waals surface area contributed by atoms with Crippen LogP contribution in [0.3, 0.4) is 0 Å². The fourth-order valence-corrected chi connectivity index (χ4v) is 1.31. The Morgan fingerprint density at radius 1 is 1.47 bits per heavy atom. The van der Waals surface area contributed by atoms with Crippen molar-refractivity contribution in [3.8, 4) is 0 Å². The molecule has 4 nitrogen and oxygen atoms in total. The number of Topliss-reactive ketones (excluding diaryl/α,β-unsaturated/α-hetero) is 1. The van der Waals surface area contributed by atoms with Crippen LogP contribution in [0.5, 0.6) is 0 Å². The molecule has 0 aliphatic heterocycles. The van der Waals surface area contributed by atoms with Crippen LogP contribution >= 0.6 is 11.8 Å². The quantitative estimate of drug-likeness (QED) is 0.337. The molecule has 1 heterocycles. The summed E-state index contributed by atoms with van der Waals surface area (Å²) in [4.78, 5) is 26.5. The predicted octanol–water partition coefficient (Wildman–Crippen LogP) is 1.55. The Kier molecular flexibility index (Phi) is 4.30. The van der Waals surface area contributed by atoms with E-state index in [0.29, 0.717) is 0 Å². The van der Waals surface area contributed by atoms with Crippen molar-refractivity contribution in [3.63, 3.8) is 0 Å². The molecule has 0 N–H and O–H groups in total. The molecule has 0 aliphatic rings. The molecule has 1 aromatic heterocycles. The summed E-state index contributed by atoms with van der Waals surface area (Å²) < 4.78 is 4.59. The van der Waals surface area contributed by atoms with Gasteiger partial charge in [-0.15, -0.1) is 11.8 Å². The highest BCUT2D eigenvalue weighted by Crippen LogP contribution is 2.11. The number of aromatic nitrogens is 1. The molecule has 0 amide bonds. The lowest BCUT2D eigenvalue weighted by Gasteiger charge is -2.01. The highest BCUT2D eigenvalue weighted by atomic mass is 32.2. The number of carbonyl (C=O) groups excluding carboxylic acids is 2. The van der Waals surface area contributed by atoms with Crippen LogP contribution in [0.2, 0.25) is 0 Å². The number of rotatable bonds is 4. The third-order valence-corrected chi connectivity index (χ3v) is 2.33. The fraction of sp³-hybridized carbons (Fsp3) is 0.300. The summed E-state index contributed by atoms with van der Waals surface area (Å²) in [5.41, 5.74) is 0.256. The van der Waals surface area contributed by atoms with Gasteiger partial charge in [-0.25, -0.2) is 9.78 Å². The molecule has 0 spiro atoms. The van der Waals surface area contributed by atoms with Gasteiger partial charge in [-0.2, -0.15) is 0 Å². The molecule has 5 heteroatoms. The third kappa shape index (κ3) is 3.06. The van der Waals surface area contributed by atoms with Crippen LogP contribution in [0.15, 0.2) is 23.4 Å². The number of pyridine rings is 1. The Labute approximate surface area is 92.0 Å². The standard InChI is InChI=1S/C10H11NO3S/c1-3-14-10(13)9(12)7-4-5-8(15-2)11-6-7/h4-6H,3H2,1-2H3. The minimum atomic E-state index is -0.837. The lowest BCUT2D eigenvalue weighted by molar-refractivity contribution is -0.137. The second kappa shape index (κ2) is 5.50. The van der Waals surface area contributed by atoms with Crippen molar-refractivity contribution >= 4 is 23.5 Å². The second-order valence-corrected chi connectivity index (χ2v) is 3.47. The molecule has 0 aliphatic carbocycles. The maximum Gasteiger partial charge on any atom is 0.379 e. The highest BCUT2D eigenvalue weighted by Gasteiger charge is 2.17. The number of carbonyl (C=O) groups is 2. The zero-order chi connectivity index (χ0) is 11.3. The van der Waals surface area contributed by atoms with Gasteiger partial charge in [-0.1, -0.05) is 0 Å². The van der Waals surface area contributed by atoms with E-state index in [4.69, 9.17) is 0 Å². The summed E-state index contributed by atoms with van der Waals surface area (Å²) >= 11 is 1.47. The summed E-state index contributed by atoms with van der Waals surface area (Å²) in [6.45, 7) is 1.85. The monoisotopic (exact) mass is 225 g/mol. The third-order valence-electron chi connectivity index (χ3n) is 1.67. The van der Waals surface area contributed by atoms with Crippen molar-refractivity contribution in [2.24, 2.45) is 0 Å². The van der Waals surface area contributed by atoms with E-state index in [2.05, 4.69) is 9.72 Å². The zero-order valence-corrected chi connectivity index (χ0v) is 9.34. The molecular weight excluding hydrogens is 214 g/mol. The van der Waals surface area contributed by atoms with E-state index in [1.165, 1.54) is 18.0 Å². The molecule has 15 heavy (non-hydrogen) atoms. The average Bonchev–Trinajstić information content (AvgIpc) is 2.28. The van der Waals surface area contributed by atoms with E-state index >= 15 is 0 Å². The second-order valence-electron chi connectivity index (χ2n) is 2.64. The average molecular weight is 225 g/mol. The van der Waals surface area contributed by atoms with Gasteiger partial charge >= 0.3 is 5.97 Å². The zero-order valence-electron chi connectivity index (χ0n) is 8.52. The molecule has 0 unspecified atom stereocenters. The fourth-order valence-electron chi connectivity index (χ4n) is 0.950. The van der Waals surface area contributed by atoms with Crippen molar-refractivity contribution in [2.45, 2.75) is 11.9 Å². The number of ketones is 1. The number of esters is 1. The van der Waals surface area contributed by atoms with Gasteiger partial charge in [-0.05, 0) is 25.3 Å². The molecule has 0 saturated heterocycles. The van der Waals surface area contributed by atoms with Crippen LogP contribution in [0.4, 0.5) is 0 Å². The van der Waals surface area contributed by atoms with Crippen LogP contribution in [0, 0.1) is 0 Å².